The number of hydrogen-bond donors (Lipinski definition) is 2. The molecule has 4 aromatic rings. The molecule has 3 heterocycles. The second-order valence-electron chi connectivity index (χ2n) is 12.5. The van der Waals surface area contributed by atoms with E-state index in [0.29, 0.717) is 30.9 Å². The van der Waals surface area contributed by atoms with E-state index in [9.17, 15) is 9.50 Å². The van der Waals surface area contributed by atoms with Gasteiger partial charge in [-0.3, -0.25) is 0 Å². The third-order valence-electron chi connectivity index (χ3n) is 8.94. The number of piperazine rings is 1. The summed E-state index contributed by atoms with van der Waals surface area (Å²) in [4.78, 5) is 13.4. The van der Waals surface area contributed by atoms with E-state index in [1.165, 1.54) is 30.3 Å². The molecule has 2 aliphatic heterocycles. The fourth-order valence-corrected chi connectivity index (χ4v) is 6.86. The van der Waals surface area contributed by atoms with Crippen molar-refractivity contribution < 1.29 is 23.0 Å². The van der Waals surface area contributed by atoms with Crippen LogP contribution in [0.4, 0.5) is 19.0 Å². The maximum absolute atomic E-state index is 16.7. The summed E-state index contributed by atoms with van der Waals surface area (Å²) in [7, 11) is 4.02. The number of halogens is 3. The first kappa shape index (κ1) is 27.7. The molecular weight excluding hydrogens is 555 g/mol. The van der Waals surface area contributed by atoms with E-state index in [1.807, 2.05) is 14.1 Å². The molecule has 3 aliphatic rings. The van der Waals surface area contributed by atoms with Crippen LogP contribution < -0.4 is 15.0 Å². The number of rotatable bonds is 7. The van der Waals surface area contributed by atoms with E-state index in [1.54, 1.807) is 0 Å². The van der Waals surface area contributed by atoms with Crippen molar-refractivity contribution in [1.29, 1.82) is 0 Å². The van der Waals surface area contributed by atoms with Gasteiger partial charge >= 0.3 is 6.01 Å². The molecule has 1 aromatic heterocycles. The first-order valence-corrected chi connectivity index (χ1v) is 14.6. The normalized spacial score (nSPS) is 20.6. The third-order valence-corrected chi connectivity index (χ3v) is 8.94. The molecule has 7 rings (SSSR count). The highest BCUT2D eigenvalue weighted by Crippen LogP contribution is 2.47. The Kier molecular flexibility index (Phi) is 6.63. The molecule has 1 saturated carbocycles. The van der Waals surface area contributed by atoms with Crippen LogP contribution in [-0.2, 0) is 0 Å². The topological polar surface area (TPSA) is 73.8 Å². The average Bonchev–Trinajstić information content (AvgIpc) is 3.64. The number of phenolic OH excluding ortho intramolecular Hbond substituents is 1. The van der Waals surface area contributed by atoms with Crippen LogP contribution >= 0.6 is 0 Å². The van der Waals surface area contributed by atoms with Gasteiger partial charge in [-0.2, -0.15) is 9.97 Å². The fourth-order valence-electron chi connectivity index (χ4n) is 6.86. The minimum absolute atomic E-state index is 0.0151. The number of fused-ring (bicyclic) bond motifs is 4. The first-order chi connectivity index (χ1) is 20.6. The summed E-state index contributed by atoms with van der Waals surface area (Å²) in [6, 6.07) is 6.91. The van der Waals surface area contributed by atoms with E-state index in [0.717, 1.165) is 32.2 Å². The Bertz CT molecular complexity index is 1810. The smallest absolute Gasteiger partial charge is 0.319 e. The Morgan fingerprint density at radius 2 is 1.84 bits per heavy atom. The molecule has 7 nitrogen and oxygen atoms in total. The fraction of sp³-hybridized carbons (Fsp3) is 0.394. The average molecular weight is 588 g/mol. The van der Waals surface area contributed by atoms with Gasteiger partial charge in [-0.1, -0.05) is 12.0 Å². The number of phenols is 1. The Morgan fingerprint density at radius 3 is 2.51 bits per heavy atom. The second-order valence-corrected chi connectivity index (χ2v) is 12.5. The molecule has 2 bridgehead atoms. The minimum Gasteiger partial charge on any atom is -0.508 e. The van der Waals surface area contributed by atoms with Gasteiger partial charge in [0.05, 0.1) is 17.7 Å². The maximum Gasteiger partial charge on any atom is 0.319 e. The molecular formula is C33H32F3N5O2. The van der Waals surface area contributed by atoms with Gasteiger partial charge in [0.25, 0.3) is 0 Å². The Labute approximate surface area is 247 Å². The van der Waals surface area contributed by atoms with Gasteiger partial charge in [0.1, 0.15) is 28.7 Å². The zero-order chi connectivity index (χ0) is 30.0. The minimum atomic E-state index is -0.963. The van der Waals surface area contributed by atoms with Crippen molar-refractivity contribution >= 4 is 27.5 Å². The van der Waals surface area contributed by atoms with Crippen molar-refractivity contribution in [3.63, 3.8) is 0 Å². The van der Waals surface area contributed by atoms with Crippen molar-refractivity contribution in [3.05, 3.63) is 53.3 Å². The Hall–Kier alpha value is -4.07. The molecule has 3 fully saturated rings. The predicted molar refractivity (Wildman–Crippen MR) is 160 cm³/mol. The van der Waals surface area contributed by atoms with Crippen LogP contribution in [-0.4, -0.2) is 72.4 Å². The lowest BCUT2D eigenvalue weighted by molar-refractivity contribution is 0.183. The highest BCUT2D eigenvalue weighted by atomic mass is 19.1. The lowest BCUT2D eigenvalue weighted by Crippen LogP contribution is -2.51. The van der Waals surface area contributed by atoms with Crippen LogP contribution in [0.1, 0.15) is 31.2 Å². The maximum atomic E-state index is 16.7. The van der Waals surface area contributed by atoms with Crippen LogP contribution in [0.3, 0.4) is 0 Å². The summed E-state index contributed by atoms with van der Waals surface area (Å²) in [6.07, 6.45) is 9.69. The molecule has 2 saturated heterocycles. The van der Waals surface area contributed by atoms with Gasteiger partial charge < -0.3 is 25.0 Å². The van der Waals surface area contributed by atoms with Crippen molar-refractivity contribution in [2.75, 3.05) is 45.2 Å². The number of aromatic hydroxyl groups is 1. The van der Waals surface area contributed by atoms with Crippen LogP contribution in [0.15, 0.2) is 30.3 Å². The van der Waals surface area contributed by atoms with Gasteiger partial charge in [0.15, 0.2) is 5.82 Å². The summed E-state index contributed by atoms with van der Waals surface area (Å²) in [5, 5.41) is 14.7. The molecule has 10 heteroatoms. The number of nitrogens with zero attached hydrogens (tertiary/aromatic N) is 4. The van der Waals surface area contributed by atoms with Crippen molar-refractivity contribution in [1.82, 2.24) is 20.2 Å². The zero-order valence-electron chi connectivity index (χ0n) is 24.1. The monoisotopic (exact) mass is 587 g/mol. The zero-order valence-corrected chi connectivity index (χ0v) is 24.1. The summed E-state index contributed by atoms with van der Waals surface area (Å²) >= 11 is 0. The molecule has 3 aromatic carbocycles. The van der Waals surface area contributed by atoms with Crippen LogP contribution in [0.2, 0.25) is 0 Å². The van der Waals surface area contributed by atoms with Gasteiger partial charge in [0.2, 0.25) is 0 Å². The third kappa shape index (κ3) is 4.90. The quantitative estimate of drug-likeness (QED) is 0.288. The standard InChI is InChI=1S/C33H32F3N5O2/c1-4-22-25(34)8-5-18-11-21(42)12-23(27(18)22)28-26(35)13-24-30(29(28)36)38-32(43-17-33(9-10-33)16-40(2)3)39-31(24)41-14-19-6-7-20(15-41)37-19/h1,5,8,11-13,19-20,37,42H,6-7,9-10,14-17H2,2-3H3. The second kappa shape index (κ2) is 10.3. The molecule has 2 N–H and O–H groups in total. The highest BCUT2D eigenvalue weighted by molar-refractivity contribution is 6.04. The van der Waals surface area contributed by atoms with E-state index in [4.69, 9.17) is 16.1 Å². The highest BCUT2D eigenvalue weighted by Gasteiger charge is 2.44. The van der Waals surface area contributed by atoms with Gasteiger partial charge in [-0.25, -0.2) is 13.2 Å². The molecule has 1 aliphatic carbocycles. The number of hydrogen-bond acceptors (Lipinski definition) is 7. The SMILES string of the molecule is C#Cc1c(F)ccc2cc(O)cc(-c3c(F)cc4c(N5CC6CCC(C5)N6)nc(OCC5(CN(C)C)CC5)nc4c3F)c12. The molecule has 222 valence electrons. The number of anilines is 1. The lowest BCUT2D eigenvalue weighted by Gasteiger charge is -2.34. The van der Waals surface area contributed by atoms with Crippen LogP contribution in [0, 0.1) is 35.2 Å². The van der Waals surface area contributed by atoms with Crippen molar-refractivity contribution in [2.45, 2.75) is 37.8 Å². The van der Waals surface area contributed by atoms with E-state index < -0.39 is 23.0 Å². The van der Waals surface area contributed by atoms with Crippen molar-refractivity contribution in [3.8, 4) is 35.2 Å². The molecule has 0 amide bonds. The summed E-state index contributed by atoms with van der Waals surface area (Å²) < 4.78 is 53.8. The summed E-state index contributed by atoms with van der Waals surface area (Å²) in [6.45, 7) is 2.50. The lowest BCUT2D eigenvalue weighted by atomic mass is 9.92. The number of aromatic nitrogens is 2. The van der Waals surface area contributed by atoms with Gasteiger partial charge in [-0.05, 0) is 69.4 Å². The molecule has 2 atom stereocenters. The number of benzene rings is 3. The van der Waals surface area contributed by atoms with E-state index in [2.05, 4.69) is 26.0 Å². The van der Waals surface area contributed by atoms with Crippen molar-refractivity contribution in [2.24, 2.45) is 5.41 Å². The van der Waals surface area contributed by atoms with Crippen LogP contribution in [0.5, 0.6) is 11.8 Å². The number of nitrogens with one attached hydrogen (secondary N) is 1. The summed E-state index contributed by atoms with van der Waals surface area (Å²) in [5.74, 6) is -0.0878. The largest absolute Gasteiger partial charge is 0.508 e. The van der Waals surface area contributed by atoms with E-state index >= 15 is 8.78 Å². The number of terminal acetylenes is 1. The molecule has 0 spiro atoms. The Morgan fingerprint density at radius 1 is 1.09 bits per heavy atom. The van der Waals surface area contributed by atoms with Crippen LogP contribution in [0.25, 0.3) is 32.8 Å². The molecule has 0 radical (unpaired) electrons. The molecule has 43 heavy (non-hydrogen) atoms. The van der Waals surface area contributed by atoms with Gasteiger partial charge in [-0.15, -0.1) is 6.42 Å². The predicted octanol–water partition coefficient (Wildman–Crippen LogP) is 5.22. The van der Waals surface area contributed by atoms with Gasteiger partial charge in [0, 0.05) is 53.5 Å². The first-order valence-electron chi connectivity index (χ1n) is 14.6. The molecule has 2 unspecified atom stereocenters. The summed E-state index contributed by atoms with van der Waals surface area (Å²) in [5.41, 5.74) is -0.804. The number of ether oxygens (including phenoxy) is 1. The Balaban J connectivity index is 1.41. The van der Waals surface area contributed by atoms with E-state index in [-0.39, 0.29) is 56.7 Å².